The Morgan fingerprint density at radius 1 is 1.00 bits per heavy atom. The first-order chi connectivity index (χ1) is 21.6. The van der Waals surface area contributed by atoms with Gasteiger partial charge in [0.25, 0.3) is 10.1 Å². The molecule has 5 nitrogen and oxygen atoms in total. The molecule has 0 bridgehead atoms. The van der Waals surface area contributed by atoms with Gasteiger partial charge >= 0.3 is 5.90 Å². The van der Waals surface area contributed by atoms with E-state index in [1.165, 1.54) is 6.07 Å². The quantitative estimate of drug-likeness (QED) is 0.0708. The van der Waals surface area contributed by atoms with Crippen LogP contribution in [0.1, 0.15) is 69.5 Å². The zero-order chi connectivity index (χ0) is 32.3. The largest absolute Gasteiger partial charge is 0.441 e. The first-order valence-corrected chi connectivity index (χ1v) is 17.7. The number of unbranched alkanes of at least 4 members (excludes halogenated alkanes) is 1. The predicted octanol–water partition coefficient (Wildman–Crippen LogP) is 10.1. The Balaban J connectivity index is 1.82. The average Bonchev–Trinajstić information content (AvgIpc) is 3.44. The lowest BCUT2D eigenvalue weighted by Gasteiger charge is -2.30. The third kappa shape index (κ3) is 6.85. The highest BCUT2D eigenvalue weighted by molar-refractivity contribution is 7.86. The molecule has 3 atom stereocenters. The van der Waals surface area contributed by atoms with Crippen LogP contribution in [0.5, 0.6) is 0 Å². The Kier molecular flexibility index (Phi) is 10.4. The van der Waals surface area contributed by atoms with Gasteiger partial charge in [-0.1, -0.05) is 105 Å². The summed E-state index contributed by atoms with van der Waals surface area (Å²) in [5.74, 6) is 1.27. The van der Waals surface area contributed by atoms with Crippen molar-refractivity contribution in [2.24, 2.45) is 5.92 Å². The molecule has 45 heavy (non-hydrogen) atoms. The highest BCUT2D eigenvalue weighted by Gasteiger charge is 2.46. The second-order valence-electron chi connectivity index (χ2n) is 11.9. The van der Waals surface area contributed by atoms with Crippen LogP contribution in [0, 0.1) is 5.92 Å². The molecule has 0 amide bonds. The number of hydrogen-bond acceptors (Lipinski definition) is 3. The minimum Gasteiger partial charge on any atom is -0.441 e. The van der Waals surface area contributed by atoms with Gasteiger partial charge in [0, 0.05) is 32.5 Å². The monoisotopic (exact) mass is 664 g/mol. The predicted molar refractivity (Wildman–Crippen MR) is 185 cm³/mol. The van der Waals surface area contributed by atoms with E-state index in [0.29, 0.717) is 33.3 Å². The summed E-state index contributed by atoms with van der Waals surface area (Å²) >= 11 is 13.5. The lowest BCUT2D eigenvalue weighted by Crippen LogP contribution is -2.37. The number of fused-ring (bicyclic) bond motifs is 1. The SMILES string of the molecule is C=CCCCC(c1cccc(Cl)c1-c1cccc2c(S(=O)(=O)O)cccc12)C(c1ccc(Cl)cc1)[N+]1=C(CC)OC[C@@H]1C(C)C. The maximum Gasteiger partial charge on any atom is 0.337 e. The van der Waals surface area contributed by atoms with E-state index in [9.17, 15) is 13.0 Å². The zero-order valence-electron chi connectivity index (χ0n) is 25.9. The van der Waals surface area contributed by atoms with E-state index in [1.54, 1.807) is 12.1 Å². The Hall–Kier alpha value is -3.16. The van der Waals surface area contributed by atoms with E-state index in [1.807, 2.05) is 48.5 Å². The second kappa shape index (κ2) is 14.1. The molecular formula is C37H40Cl2NO4S+. The third-order valence-electron chi connectivity index (χ3n) is 8.83. The van der Waals surface area contributed by atoms with Gasteiger partial charge in [-0.15, -0.1) is 6.58 Å². The third-order valence-corrected chi connectivity index (χ3v) is 10.3. The Morgan fingerprint density at radius 2 is 1.69 bits per heavy atom. The number of ether oxygens (including phenoxy) is 1. The molecule has 0 spiro atoms. The molecule has 1 heterocycles. The summed E-state index contributed by atoms with van der Waals surface area (Å²) in [6.45, 7) is 11.2. The summed E-state index contributed by atoms with van der Waals surface area (Å²) in [6, 6.07) is 24.6. The molecule has 0 saturated heterocycles. The summed E-state index contributed by atoms with van der Waals surface area (Å²) in [6.07, 6.45) is 5.33. The van der Waals surface area contributed by atoms with Crippen molar-refractivity contribution in [2.45, 2.75) is 69.4 Å². The number of hydrogen-bond donors (Lipinski definition) is 1. The summed E-state index contributed by atoms with van der Waals surface area (Å²) in [7, 11) is -4.44. The molecule has 0 aromatic heterocycles. The van der Waals surface area contributed by atoms with Crippen molar-refractivity contribution in [3.05, 3.63) is 113 Å². The second-order valence-corrected chi connectivity index (χ2v) is 14.2. The minimum absolute atomic E-state index is 0.0376. The molecule has 8 heteroatoms. The van der Waals surface area contributed by atoms with Crippen molar-refractivity contribution < 1.29 is 22.3 Å². The van der Waals surface area contributed by atoms with Gasteiger partial charge in [0.2, 0.25) is 0 Å². The van der Waals surface area contributed by atoms with Crippen LogP contribution >= 0.6 is 23.2 Å². The van der Waals surface area contributed by atoms with Crippen molar-refractivity contribution in [2.75, 3.05) is 6.61 Å². The smallest absolute Gasteiger partial charge is 0.337 e. The Labute approximate surface area is 276 Å². The average molecular weight is 666 g/mol. The van der Waals surface area contributed by atoms with Crippen LogP contribution in [-0.4, -0.2) is 36.1 Å². The van der Waals surface area contributed by atoms with Crippen LogP contribution in [-0.2, 0) is 14.9 Å². The maximum atomic E-state index is 12.3. The van der Waals surface area contributed by atoms with Gasteiger partial charge in [0.1, 0.15) is 4.90 Å². The zero-order valence-corrected chi connectivity index (χ0v) is 28.2. The van der Waals surface area contributed by atoms with E-state index in [4.69, 9.17) is 27.9 Å². The van der Waals surface area contributed by atoms with Gasteiger partial charge in [-0.25, -0.2) is 0 Å². The minimum atomic E-state index is -4.44. The Bertz CT molecular complexity index is 1830. The van der Waals surface area contributed by atoms with Crippen LogP contribution in [0.3, 0.4) is 0 Å². The van der Waals surface area contributed by atoms with Crippen molar-refractivity contribution in [3.63, 3.8) is 0 Å². The number of benzene rings is 4. The van der Waals surface area contributed by atoms with Gasteiger partial charge in [-0.3, -0.25) is 4.55 Å². The summed E-state index contributed by atoms with van der Waals surface area (Å²) < 4.78 is 43.6. The van der Waals surface area contributed by atoms with Gasteiger partial charge < -0.3 is 4.74 Å². The highest BCUT2D eigenvalue weighted by atomic mass is 35.5. The molecular weight excluding hydrogens is 625 g/mol. The molecule has 0 fully saturated rings. The fraction of sp³-hybridized carbons (Fsp3) is 0.324. The van der Waals surface area contributed by atoms with Crippen LogP contribution in [0.2, 0.25) is 10.0 Å². The van der Waals surface area contributed by atoms with Gasteiger partial charge in [0.15, 0.2) is 18.7 Å². The number of halogens is 2. The number of nitrogens with zero attached hydrogens (tertiary/aromatic N) is 1. The topological polar surface area (TPSA) is 66.6 Å². The summed E-state index contributed by atoms with van der Waals surface area (Å²) in [5, 5.41) is 2.38. The normalized spacial score (nSPS) is 16.6. The number of rotatable bonds is 12. The first kappa shape index (κ1) is 33.2. The van der Waals surface area contributed by atoms with Crippen molar-refractivity contribution in [3.8, 4) is 11.1 Å². The fourth-order valence-corrected chi connectivity index (χ4v) is 7.87. The lowest BCUT2D eigenvalue weighted by molar-refractivity contribution is -0.609. The van der Waals surface area contributed by atoms with E-state index >= 15 is 0 Å². The molecule has 236 valence electrons. The van der Waals surface area contributed by atoms with E-state index < -0.39 is 10.1 Å². The van der Waals surface area contributed by atoms with Crippen LogP contribution in [0.15, 0.2) is 96.4 Å². The van der Waals surface area contributed by atoms with Crippen molar-refractivity contribution in [1.29, 1.82) is 0 Å². The van der Waals surface area contributed by atoms with E-state index in [0.717, 1.165) is 53.8 Å². The van der Waals surface area contributed by atoms with Crippen LogP contribution in [0.4, 0.5) is 0 Å². The fourth-order valence-electron chi connectivity index (χ4n) is 6.75. The first-order valence-electron chi connectivity index (χ1n) is 15.5. The molecule has 0 aliphatic carbocycles. The summed E-state index contributed by atoms with van der Waals surface area (Å²) in [5.41, 5.74) is 3.84. The van der Waals surface area contributed by atoms with Crippen LogP contribution < -0.4 is 0 Å². The van der Waals surface area contributed by atoms with Crippen molar-refractivity contribution >= 4 is 50.0 Å². The number of allylic oxidation sites excluding steroid dienone is 1. The van der Waals surface area contributed by atoms with Crippen molar-refractivity contribution in [1.82, 2.24) is 0 Å². The molecule has 4 aromatic carbocycles. The standard InChI is InChI=1S/C37H39Cl2NO4S/c1-5-7-8-12-31(37(25-19-21-26(38)22-20-25)40-33(24(3)4)23-44-35(40)6-2)30-16-10-17-32(39)36(30)29-15-9-14-28-27(29)13-11-18-34(28)45(41,42)43/h5,9-11,13-22,24,31,33,37H,1,6-8,12,23H2,2-4H3/p+1/t31?,33-,37?/m1/s1. The molecule has 5 rings (SSSR count). The van der Waals surface area contributed by atoms with Gasteiger partial charge in [-0.05, 0) is 60.0 Å². The maximum absolute atomic E-state index is 12.3. The molecule has 0 saturated carbocycles. The van der Waals surface area contributed by atoms with E-state index in [-0.39, 0.29) is 22.9 Å². The molecule has 2 unspecified atom stereocenters. The molecule has 1 aliphatic rings. The lowest BCUT2D eigenvalue weighted by atomic mass is 9.78. The van der Waals surface area contributed by atoms with Gasteiger partial charge in [0.05, 0.1) is 12.3 Å². The highest BCUT2D eigenvalue weighted by Crippen LogP contribution is 2.47. The summed E-state index contributed by atoms with van der Waals surface area (Å²) in [4.78, 5) is -0.131. The molecule has 0 radical (unpaired) electrons. The molecule has 4 aromatic rings. The molecule has 1 aliphatic heterocycles. The Morgan fingerprint density at radius 3 is 2.36 bits per heavy atom. The molecule has 1 N–H and O–H groups in total. The van der Waals surface area contributed by atoms with Gasteiger partial charge in [-0.2, -0.15) is 13.0 Å². The van der Waals surface area contributed by atoms with Crippen LogP contribution in [0.25, 0.3) is 21.9 Å². The van der Waals surface area contributed by atoms with E-state index in [2.05, 4.69) is 50.1 Å².